The summed E-state index contributed by atoms with van der Waals surface area (Å²) >= 11 is 6.11. The molecular formula is C14H19ClN4O. The number of nitrogens with one attached hydrogen (secondary N) is 1. The lowest BCUT2D eigenvalue weighted by Gasteiger charge is -2.20. The number of benzene rings is 1. The van der Waals surface area contributed by atoms with E-state index < -0.39 is 0 Å². The lowest BCUT2D eigenvalue weighted by atomic mass is 10.0. The molecule has 1 atom stereocenters. The number of likely N-dealkylation sites (N-methyl/N-ethyl adjacent to an activating group) is 1. The van der Waals surface area contributed by atoms with Crippen LogP contribution in [0.2, 0.25) is 5.02 Å². The van der Waals surface area contributed by atoms with Crippen molar-refractivity contribution in [3.63, 3.8) is 0 Å². The average molecular weight is 295 g/mol. The second-order valence-corrected chi connectivity index (χ2v) is 4.94. The Hall–Kier alpha value is -1.59. The number of hydrogen-bond acceptors (Lipinski definition) is 4. The molecule has 0 radical (unpaired) electrons. The molecule has 2 aromatic rings. The summed E-state index contributed by atoms with van der Waals surface area (Å²) in [5.41, 5.74) is 1.03. The van der Waals surface area contributed by atoms with Crippen LogP contribution in [0.25, 0.3) is 0 Å². The molecule has 5 nitrogen and oxygen atoms in total. The Bertz CT molecular complexity index is 570. The summed E-state index contributed by atoms with van der Waals surface area (Å²) in [6.45, 7) is 2.92. The van der Waals surface area contributed by atoms with Crippen molar-refractivity contribution in [3.8, 4) is 5.75 Å². The summed E-state index contributed by atoms with van der Waals surface area (Å²) in [5, 5.41) is 8.25. The molecule has 1 heterocycles. The monoisotopic (exact) mass is 294 g/mol. The minimum Gasteiger partial charge on any atom is -0.496 e. The summed E-state index contributed by atoms with van der Waals surface area (Å²) in [6, 6.07) is 5.73. The zero-order valence-corrected chi connectivity index (χ0v) is 12.7. The Balaban J connectivity index is 2.33. The van der Waals surface area contributed by atoms with E-state index in [0.717, 1.165) is 30.1 Å². The molecule has 1 aromatic carbocycles. The normalized spacial score (nSPS) is 12.4. The Labute approximate surface area is 123 Å². The van der Waals surface area contributed by atoms with Crippen LogP contribution < -0.4 is 10.1 Å². The van der Waals surface area contributed by atoms with E-state index in [9.17, 15) is 0 Å². The topological polar surface area (TPSA) is 52.0 Å². The third kappa shape index (κ3) is 3.29. The highest BCUT2D eigenvalue weighted by molar-refractivity contribution is 6.30. The van der Waals surface area contributed by atoms with Gasteiger partial charge < -0.3 is 10.1 Å². The molecule has 0 bridgehead atoms. The summed E-state index contributed by atoms with van der Waals surface area (Å²) in [4.78, 5) is 4.28. The van der Waals surface area contributed by atoms with Gasteiger partial charge >= 0.3 is 0 Å². The van der Waals surface area contributed by atoms with Gasteiger partial charge in [0.15, 0.2) is 0 Å². The third-order valence-corrected chi connectivity index (χ3v) is 3.44. The third-order valence-electron chi connectivity index (χ3n) is 3.21. The standard InChI is InChI=1S/C14H19ClN4O/c1-4-16-12(8-14-17-9-18-19(14)2)11-7-10(15)5-6-13(11)20-3/h5-7,9,12,16H,4,8H2,1-3H3. The molecule has 20 heavy (non-hydrogen) atoms. The lowest BCUT2D eigenvalue weighted by molar-refractivity contribution is 0.397. The molecule has 6 heteroatoms. The van der Waals surface area contributed by atoms with Crippen molar-refractivity contribution < 1.29 is 4.74 Å². The smallest absolute Gasteiger partial charge is 0.138 e. The fourth-order valence-corrected chi connectivity index (χ4v) is 2.38. The van der Waals surface area contributed by atoms with Gasteiger partial charge in [0.25, 0.3) is 0 Å². The first-order valence-electron chi connectivity index (χ1n) is 6.55. The van der Waals surface area contributed by atoms with Gasteiger partial charge in [-0.3, -0.25) is 4.68 Å². The van der Waals surface area contributed by atoms with Crippen molar-refractivity contribution in [2.45, 2.75) is 19.4 Å². The second-order valence-electron chi connectivity index (χ2n) is 4.50. The Kier molecular flexibility index (Phi) is 4.98. The quantitative estimate of drug-likeness (QED) is 0.889. The fourth-order valence-electron chi connectivity index (χ4n) is 2.20. The fraction of sp³-hybridized carbons (Fsp3) is 0.429. The van der Waals surface area contributed by atoms with Crippen LogP contribution in [0.5, 0.6) is 5.75 Å². The van der Waals surface area contributed by atoms with Crippen molar-refractivity contribution in [2.24, 2.45) is 7.05 Å². The van der Waals surface area contributed by atoms with Crippen molar-refractivity contribution in [2.75, 3.05) is 13.7 Å². The molecule has 0 aliphatic heterocycles. The molecule has 0 spiro atoms. The minimum absolute atomic E-state index is 0.0801. The van der Waals surface area contributed by atoms with Crippen LogP contribution in [0, 0.1) is 0 Å². The van der Waals surface area contributed by atoms with Crippen LogP contribution in [0.3, 0.4) is 0 Å². The van der Waals surface area contributed by atoms with Crippen molar-refractivity contribution in [3.05, 3.63) is 40.9 Å². The van der Waals surface area contributed by atoms with E-state index in [-0.39, 0.29) is 6.04 Å². The number of aromatic nitrogens is 3. The molecule has 1 aromatic heterocycles. The first-order valence-corrected chi connectivity index (χ1v) is 6.93. The molecular weight excluding hydrogens is 276 g/mol. The highest BCUT2D eigenvalue weighted by Gasteiger charge is 2.18. The zero-order chi connectivity index (χ0) is 14.5. The van der Waals surface area contributed by atoms with Crippen molar-refractivity contribution in [1.82, 2.24) is 20.1 Å². The highest BCUT2D eigenvalue weighted by atomic mass is 35.5. The number of aryl methyl sites for hydroxylation is 1. The van der Waals surface area contributed by atoms with E-state index in [0.29, 0.717) is 5.02 Å². The molecule has 0 fully saturated rings. The van der Waals surface area contributed by atoms with Crippen LogP contribution >= 0.6 is 11.6 Å². The molecule has 0 aliphatic rings. The van der Waals surface area contributed by atoms with E-state index in [4.69, 9.17) is 16.3 Å². The Morgan fingerprint density at radius 1 is 1.45 bits per heavy atom. The second kappa shape index (κ2) is 6.72. The molecule has 1 N–H and O–H groups in total. The number of ether oxygens (including phenoxy) is 1. The molecule has 2 rings (SSSR count). The van der Waals surface area contributed by atoms with Crippen LogP contribution in [0.4, 0.5) is 0 Å². The minimum atomic E-state index is 0.0801. The van der Waals surface area contributed by atoms with Gasteiger partial charge in [0.1, 0.15) is 17.9 Å². The van der Waals surface area contributed by atoms with Crippen molar-refractivity contribution >= 4 is 11.6 Å². The number of hydrogen-bond donors (Lipinski definition) is 1. The van der Waals surface area contributed by atoms with Gasteiger partial charge in [-0.05, 0) is 24.7 Å². The molecule has 0 aliphatic carbocycles. The molecule has 0 amide bonds. The largest absolute Gasteiger partial charge is 0.496 e. The van der Waals surface area contributed by atoms with E-state index in [1.807, 2.05) is 25.2 Å². The summed E-state index contributed by atoms with van der Waals surface area (Å²) < 4.78 is 7.21. The number of methoxy groups -OCH3 is 1. The van der Waals surface area contributed by atoms with Gasteiger partial charge in [-0.15, -0.1) is 0 Å². The van der Waals surface area contributed by atoms with E-state index >= 15 is 0 Å². The van der Waals surface area contributed by atoms with E-state index in [2.05, 4.69) is 22.3 Å². The zero-order valence-electron chi connectivity index (χ0n) is 11.9. The van der Waals surface area contributed by atoms with E-state index in [1.54, 1.807) is 18.1 Å². The van der Waals surface area contributed by atoms with Crippen LogP contribution in [0.1, 0.15) is 24.4 Å². The van der Waals surface area contributed by atoms with Gasteiger partial charge in [0, 0.05) is 30.1 Å². The maximum absolute atomic E-state index is 6.11. The first-order chi connectivity index (χ1) is 9.65. The predicted molar refractivity (Wildman–Crippen MR) is 79.1 cm³/mol. The Morgan fingerprint density at radius 2 is 2.25 bits per heavy atom. The number of rotatable bonds is 6. The van der Waals surface area contributed by atoms with Gasteiger partial charge in [0.05, 0.1) is 7.11 Å². The van der Waals surface area contributed by atoms with Crippen LogP contribution in [-0.4, -0.2) is 28.4 Å². The van der Waals surface area contributed by atoms with Crippen LogP contribution in [0.15, 0.2) is 24.5 Å². The molecule has 0 saturated heterocycles. The van der Waals surface area contributed by atoms with Gasteiger partial charge in [-0.1, -0.05) is 18.5 Å². The number of nitrogens with zero attached hydrogens (tertiary/aromatic N) is 3. The van der Waals surface area contributed by atoms with E-state index in [1.165, 1.54) is 0 Å². The van der Waals surface area contributed by atoms with Crippen molar-refractivity contribution in [1.29, 1.82) is 0 Å². The lowest BCUT2D eigenvalue weighted by Crippen LogP contribution is -2.24. The molecule has 108 valence electrons. The SMILES string of the molecule is CCNC(Cc1ncnn1C)c1cc(Cl)ccc1OC. The number of halogens is 1. The molecule has 1 unspecified atom stereocenters. The Morgan fingerprint density at radius 3 is 2.85 bits per heavy atom. The summed E-state index contributed by atoms with van der Waals surface area (Å²) in [6.07, 6.45) is 2.29. The summed E-state index contributed by atoms with van der Waals surface area (Å²) in [7, 11) is 3.55. The van der Waals surface area contributed by atoms with Gasteiger partial charge in [-0.25, -0.2) is 4.98 Å². The van der Waals surface area contributed by atoms with Crippen LogP contribution in [-0.2, 0) is 13.5 Å². The van der Waals surface area contributed by atoms with Gasteiger partial charge in [0.2, 0.25) is 0 Å². The average Bonchev–Trinajstić information content (AvgIpc) is 2.84. The first kappa shape index (κ1) is 14.8. The molecule has 0 saturated carbocycles. The highest BCUT2D eigenvalue weighted by Crippen LogP contribution is 2.30. The summed E-state index contributed by atoms with van der Waals surface area (Å²) in [5.74, 6) is 1.74. The maximum atomic E-state index is 6.11. The van der Waals surface area contributed by atoms with Gasteiger partial charge in [-0.2, -0.15) is 5.10 Å². The predicted octanol–water partition coefficient (Wildman–Crippen LogP) is 2.37. The maximum Gasteiger partial charge on any atom is 0.138 e.